The molecule has 98 valence electrons. The Bertz CT molecular complexity index is 421. The summed E-state index contributed by atoms with van der Waals surface area (Å²) in [5, 5.41) is 5.47. The van der Waals surface area contributed by atoms with E-state index in [1.165, 1.54) is 0 Å². The fourth-order valence-corrected chi connectivity index (χ4v) is 1.77. The third kappa shape index (κ3) is 5.31. The molecule has 0 fully saturated rings. The molecule has 0 heterocycles. The molecule has 1 rings (SSSR count). The molecule has 0 radical (unpaired) electrons. The molecule has 2 amide bonds. The van der Waals surface area contributed by atoms with E-state index in [4.69, 9.17) is 0 Å². The lowest BCUT2D eigenvalue weighted by Gasteiger charge is -2.06. The third-order valence-corrected chi connectivity index (χ3v) is 2.79. The van der Waals surface area contributed by atoms with E-state index in [1.54, 1.807) is 18.2 Å². The van der Waals surface area contributed by atoms with Crippen LogP contribution in [0.15, 0.2) is 28.7 Å². The van der Waals surface area contributed by atoms with E-state index in [2.05, 4.69) is 26.6 Å². The van der Waals surface area contributed by atoms with Crippen molar-refractivity contribution >= 4 is 27.7 Å². The monoisotopic (exact) mass is 312 g/mol. The van der Waals surface area contributed by atoms with Crippen LogP contribution in [0.1, 0.15) is 30.1 Å². The second-order valence-corrected chi connectivity index (χ2v) is 4.78. The molecule has 0 aliphatic heterocycles. The lowest BCUT2D eigenvalue weighted by molar-refractivity contribution is -0.120. The van der Waals surface area contributed by atoms with Crippen molar-refractivity contribution in [2.24, 2.45) is 0 Å². The van der Waals surface area contributed by atoms with Crippen molar-refractivity contribution in [2.75, 3.05) is 13.1 Å². The van der Waals surface area contributed by atoms with Gasteiger partial charge in [-0.3, -0.25) is 9.59 Å². The van der Waals surface area contributed by atoms with E-state index in [0.29, 0.717) is 25.1 Å². The average molecular weight is 313 g/mol. The Labute approximate surface area is 115 Å². The van der Waals surface area contributed by atoms with Crippen LogP contribution in [0.25, 0.3) is 0 Å². The van der Waals surface area contributed by atoms with Crippen LogP contribution in [0.3, 0.4) is 0 Å². The summed E-state index contributed by atoms with van der Waals surface area (Å²) in [5.41, 5.74) is 0.582. The Balaban J connectivity index is 2.31. The molecule has 0 aliphatic carbocycles. The van der Waals surface area contributed by atoms with Crippen molar-refractivity contribution in [2.45, 2.75) is 19.8 Å². The molecule has 0 aromatic heterocycles. The molecule has 1 aromatic rings. The Morgan fingerprint density at radius 2 is 2.00 bits per heavy atom. The second kappa shape index (κ2) is 7.87. The zero-order valence-electron chi connectivity index (χ0n) is 10.3. The van der Waals surface area contributed by atoms with Crippen LogP contribution in [-0.2, 0) is 4.79 Å². The molecule has 1 aromatic carbocycles. The van der Waals surface area contributed by atoms with E-state index in [9.17, 15) is 9.59 Å². The third-order valence-electron chi connectivity index (χ3n) is 2.30. The molecule has 0 bridgehead atoms. The van der Waals surface area contributed by atoms with Crippen LogP contribution < -0.4 is 10.6 Å². The van der Waals surface area contributed by atoms with Gasteiger partial charge in [0.25, 0.3) is 5.91 Å². The number of hydrogen-bond acceptors (Lipinski definition) is 2. The quantitative estimate of drug-likeness (QED) is 0.845. The number of halogens is 1. The summed E-state index contributed by atoms with van der Waals surface area (Å²) in [6.07, 6.45) is 1.22. The van der Waals surface area contributed by atoms with Gasteiger partial charge in [0.1, 0.15) is 0 Å². The number of rotatable bonds is 6. The van der Waals surface area contributed by atoms with Crippen molar-refractivity contribution in [3.05, 3.63) is 34.3 Å². The summed E-state index contributed by atoms with van der Waals surface area (Å²) in [6, 6.07) is 7.13. The van der Waals surface area contributed by atoms with E-state index in [1.807, 2.05) is 13.0 Å². The summed E-state index contributed by atoms with van der Waals surface area (Å²) in [6.45, 7) is 3.02. The number of carbonyl (C=O) groups is 2. The van der Waals surface area contributed by atoms with Gasteiger partial charge in [-0.1, -0.05) is 28.9 Å². The standard InChI is InChI=1S/C13H17BrN2O2/c1-2-7-15-12(17)6-8-16-13(18)10-4-3-5-11(14)9-10/h3-5,9H,2,6-8H2,1H3,(H,15,17)(H,16,18). The number of hydrogen-bond donors (Lipinski definition) is 2. The molecule has 0 saturated heterocycles. The lowest BCUT2D eigenvalue weighted by atomic mass is 10.2. The molecule has 0 aliphatic rings. The van der Waals surface area contributed by atoms with Gasteiger partial charge in [0.15, 0.2) is 0 Å². The first-order valence-corrected chi connectivity index (χ1v) is 6.73. The van der Waals surface area contributed by atoms with E-state index >= 15 is 0 Å². The van der Waals surface area contributed by atoms with Crippen molar-refractivity contribution in [1.29, 1.82) is 0 Å². The van der Waals surface area contributed by atoms with Gasteiger partial charge in [-0.2, -0.15) is 0 Å². The average Bonchev–Trinajstić information content (AvgIpc) is 2.36. The normalized spacial score (nSPS) is 9.89. The Morgan fingerprint density at radius 1 is 1.22 bits per heavy atom. The number of carbonyl (C=O) groups excluding carboxylic acids is 2. The second-order valence-electron chi connectivity index (χ2n) is 3.87. The maximum absolute atomic E-state index is 11.7. The Kier molecular flexibility index (Phi) is 6.43. The van der Waals surface area contributed by atoms with Crippen LogP contribution >= 0.6 is 15.9 Å². The summed E-state index contributed by atoms with van der Waals surface area (Å²) in [5.74, 6) is -0.203. The van der Waals surface area contributed by atoms with Crippen LogP contribution in [0.2, 0.25) is 0 Å². The molecular weight excluding hydrogens is 296 g/mol. The van der Waals surface area contributed by atoms with Crippen molar-refractivity contribution in [1.82, 2.24) is 10.6 Å². The van der Waals surface area contributed by atoms with Gasteiger partial charge in [0.2, 0.25) is 5.91 Å². The highest BCUT2D eigenvalue weighted by Gasteiger charge is 2.06. The number of amides is 2. The van der Waals surface area contributed by atoms with Gasteiger partial charge < -0.3 is 10.6 Å². The molecule has 4 nitrogen and oxygen atoms in total. The topological polar surface area (TPSA) is 58.2 Å². The van der Waals surface area contributed by atoms with Crippen LogP contribution in [0, 0.1) is 0 Å². The minimum absolute atomic E-state index is 0.0357. The van der Waals surface area contributed by atoms with Gasteiger partial charge in [0, 0.05) is 29.5 Å². The van der Waals surface area contributed by atoms with Gasteiger partial charge in [0.05, 0.1) is 0 Å². The lowest BCUT2D eigenvalue weighted by Crippen LogP contribution is -2.31. The summed E-state index contributed by atoms with van der Waals surface area (Å²) >= 11 is 3.31. The largest absolute Gasteiger partial charge is 0.356 e. The highest BCUT2D eigenvalue weighted by molar-refractivity contribution is 9.10. The number of nitrogens with one attached hydrogen (secondary N) is 2. The minimum Gasteiger partial charge on any atom is -0.356 e. The van der Waals surface area contributed by atoms with Crippen molar-refractivity contribution < 1.29 is 9.59 Å². The molecule has 2 N–H and O–H groups in total. The molecule has 18 heavy (non-hydrogen) atoms. The Morgan fingerprint density at radius 3 is 2.67 bits per heavy atom. The van der Waals surface area contributed by atoms with Crippen LogP contribution in [-0.4, -0.2) is 24.9 Å². The van der Waals surface area contributed by atoms with Crippen molar-refractivity contribution in [3.8, 4) is 0 Å². The van der Waals surface area contributed by atoms with E-state index < -0.39 is 0 Å². The number of benzene rings is 1. The SMILES string of the molecule is CCCNC(=O)CCNC(=O)c1cccc(Br)c1. The predicted molar refractivity (Wildman–Crippen MR) is 74.4 cm³/mol. The van der Waals surface area contributed by atoms with Gasteiger partial charge >= 0.3 is 0 Å². The van der Waals surface area contributed by atoms with Crippen molar-refractivity contribution in [3.63, 3.8) is 0 Å². The summed E-state index contributed by atoms with van der Waals surface area (Å²) in [7, 11) is 0. The first-order chi connectivity index (χ1) is 8.63. The van der Waals surface area contributed by atoms with Gasteiger partial charge in [-0.05, 0) is 24.6 Å². The molecule has 0 spiro atoms. The predicted octanol–water partition coefficient (Wildman–Crippen LogP) is 2.10. The maximum atomic E-state index is 11.7. The fraction of sp³-hybridized carbons (Fsp3) is 0.385. The van der Waals surface area contributed by atoms with Gasteiger partial charge in [-0.25, -0.2) is 0 Å². The zero-order chi connectivity index (χ0) is 13.4. The molecule has 0 saturated carbocycles. The minimum atomic E-state index is -0.167. The van der Waals surface area contributed by atoms with E-state index in [0.717, 1.165) is 10.9 Å². The van der Waals surface area contributed by atoms with Crippen LogP contribution in [0.5, 0.6) is 0 Å². The van der Waals surface area contributed by atoms with Gasteiger partial charge in [-0.15, -0.1) is 0 Å². The first kappa shape index (κ1) is 14.7. The molecule has 0 atom stereocenters. The van der Waals surface area contributed by atoms with E-state index in [-0.39, 0.29) is 11.8 Å². The zero-order valence-corrected chi connectivity index (χ0v) is 11.9. The smallest absolute Gasteiger partial charge is 0.251 e. The molecular formula is C13H17BrN2O2. The molecule has 5 heteroatoms. The Hall–Kier alpha value is -1.36. The summed E-state index contributed by atoms with van der Waals surface area (Å²) < 4.78 is 0.857. The first-order valence-electron chi connectivity index (χ1n) is 5.94. The van der Waals surface area contributed by atoms with Crippen LogP contribution in [0.4, 0.5) is 0 Å². The molecule has 0 unspecified atom stereocenters. The highest BCUT2D eigenvalue weighted by Crippen LogP contribution is 2.11. The maximum Gasteiger partial charge on any atom is 0.251 e. The summed E-state index contributed by atoms with van der Waals surface area (Å²) in [4.78, 5) is 23.0. The fourth-order valence-electron chi connectivity index (χ4n) is 1.37. The highest BCUT2D eigenvalue weighted by atomic mass is 79.9.